The first kappa shape index (κ1) is 19.4. The number of halogens is 3. The average Bonchev–Trinajstić information content (AvgIpc) is 3.03. The minimum Gasteiger partial charge on any atom is -0.325 e. The van der Waals surface area contributed by atoms with Gasteiger partial charge in [0.05, 0.1) is 12.1 Å². The molecule has 0 fully saturated rings. The number of carbonyl (C=O) groups excluding carboxylic acids is 1. The first-order chi connectivity index (χ1) is 11.5. The second kappa shape index (κ2) is 7.14. The molecule has 2 aromatic rings. The highest BCUT2D eigenvalue weighted by Crippen LogP contribution is 2.33. The summed E-state index contributed by atoms with van der Waals surface area (Å²) in [5.41, 5.74) is -0.877. The number of amides is 1. The molecular formula is C15H15F3N2O3S2. The molecule has 1 N–H and O–H groups in total. The van der Waals surface area contributed by atoms with Crippen LogP contribution < -0.4 is 5.32 Å². The van der Waals surface area contributed by atoms with Crippen molar-refractivity contribution < 1.29 is 26.4 Å². The SMILES string of the molecule is Cc1ccc(NC(=O)CN(C)S(=O)(=O)c2cccs2)cc1C(F)(F)F. The topological polar surface area (TPSA) is 66.5 Å². The third kappa shape index (κ3) is 4.59. The van der Waals surface area contributed by atoms with E-state index in [1.165, 1.54) is 32.2 Å². The van der Waals surface area contributed by atoms with E-state index in [9.17, 15) is 26.4 Å². The van der Waals surface area contributed by atoms with Crippen LogP contribution in [0.4, 0.5) is 18.9 Å². The van der Waals surface area contributed by atoms with E-state index in [0.29, 0.717) is 0 Å². The van der Waals surface area contributed by atoms with Gasteiger partial charge in [-0.2, -0.15) is 17.5 Å². The smallest absolute Gasteiger partial charge is 0.325 e. The van der Waals surface area contributed by atoms with Crippen LogP contribution in [0.25, 0.3) is 0 Å². The highest BCUT2D eigenvalue weighted by atomic mass is 32.2. The van der Waals surface area contributed by atoms with Crippen LogP contribution >= 0.6 is 11.3 Å². The zero-order valence-electron chi connectivity index (χ0n) is 13.3. The average molecular weight is 392 g/mol. The molecule has 2 rings (SSSR count). The second-order valence-electron chi connectivity index (χ2n) is 5.27. The molecule has 1 aromatic carbocycles. The quantitative estimate of drug-likeness (QED) is 0.849. The van der Waals surface area contributed by atoms with Gasteiger partial charge in [0.25, 0.3) is 10.0 Å². The molecule has 136 valence electrons. The lowest BCUT2D eigenvalue weighted by molar-refractivity contribution is -0.138. The molecule has 0 spiro atoms. The van der Waals surface area contributed by atoms with Crippen molar-refractivity contribution in [3.63, 3.8) is 0 Å². The fourth-order valence-corrected chi connectivity index (χ4v) is 4.38. The highest BCUT2D eigenvalue weighted by Gasteiger charge is 2.32. The number of rotatable bonds is 5. The third-order valence-corrected chi connectivity index (χ3v) is 6.53. The molecule has 0 aliphatic carbocycles. The van der Waals surface area contributed by atoms with Gasteiger partial charge >= 0.3 is 6.18 Å². The van der Waals surface area contributed by atoms with Crippen molar-refractivity contribution in [1.29, 1.82) is 0 Å². The molecule has 0 saturated carbocycles. The first-order valence-corrected chi connectivity index (χ1v) is 9.31. The van der Waals surface area contributed by atoms with Crippen LogP contribution in [0.2, 0.25) is 0 Å². The molecular weight excluding hydrogens is 377 g/mol. The van der Waals surface area contributed by atoms with E-state index in [1.54, 1.807) is 11.4 Å². The number of benzene rings is 1. The predicted molar refractivity (Wildman–Crippen MR) is 88.9 cm³/mol. The molecule has 0 radical (unpaired) electrons. The minimum atomic E-state index is -4.54. The van der Waals surface area contributed by atoms with E-state index >= 15 is 0 Å². The van der Waals surface area contributed by atoms with Crippen molar-refractivity contribution in [2.75, 3.05) is 18.9 Å². The van der Waals surface area contributed by atoms with Crippen molar-refractivity contribution in [3.8, 4) is 0 Å². The monoisotopic (exact) mass is 392 g/mol. The number of aryl methyl sites for hydroxylation is 1. The minimum absolute atomic E-state index is 0.0305. The number of nitrogens with one attached hydrogen (secondary N) is 1. The Bertz CT molecular complexity index is 863. The van der Waals surface area contributed by atoms with E-state index < -0.39 is 34.2 Å². The first-order valence-electron chi connectivity index (χ1n) is 6.99. The summed E-state index contributed by atoms with van der Waals surface area (Å²) < 4.78 is 64.0. The molecule has 5 nitrogen and oxygen atoms in total. The van der Waals surface area contributed by atoms with Crippen LogP contribution in [0.1, 0.15) is 11.1 Å². The fraction of sp³-hybridized carbons (Fsp3) is 0.267. The lowest BCUT2D eigenvalue weighted by Gasteiger charge is -2.16. The van der Waals surface area contributed by atoms with E-state index in [-0.39, 0.29) is 15.5 Å². The van der Waals surface area contributed by atoms with Gasteiger partial charge in [0.1, 0.15) is 4.21 Å². The number of hydrogen-bond acceptors (Lipinski definition) is 4. The van der Waals surface area contributed by atoms with Crippen molar-refractivity contribution in [1.82, 2.24) is 4.31 Å². The molecule has 0 bridgehead atoms. The molecule has 0 aliphatic heterocycles. The van der Waals surface area contributed by atoms with Gasteiger partial charge < -0.3 is 5.32 Å². The lowest BCUT2D eigenvalue weighted by atomic mass is 10.1. The fourth-order valence-electron chi connectivity index (χ4n) is 2.06. The molecule has 25 heavy (non-hydrogen) atoms. The Balaban J connectivity index is 2.11. The summed E-state index contributed by atoms with van der Waals surface area (Å²) in [6.07, 6.45) is -4.54. The van der Waals surface area contributed by atoms with Crippen LogP contribution in [-0.4, -0.2) is 32.2 Å². The Morgan fingerprint density at radius 2 is 1.96 bits per heavy atom. The van der Waals surface area contributed by atoms with Gasteiger partial charge in [-0.3, -0.25) is 4.79 Å². The summed E-state index contributed by atoms with van der Waals surface area (Å²) in [5.74, 6) is -0.736. The summed E-state index contributed by atoms with van der Waals surface area (Å²) >= 11 is 1.01. The zero-order chi connectivity index (χ0) is 18.8. The van der Waals surface area contributed by atoms with Crippen LogP contribution in [-0.2, 0) is 21.0 Å². The van der Waals surface area contributed by atoms with Crippen molar-refractivity contribution >= 4 is 33.0 Å². The van der Waals surface area contributed by atoms with Crippen molar-refractivity contribution in [3.05, 3.63) is 46.8 Å². The number of thiophene rings is 1. The molecule has 1 aromatic heterocycles. The second-order valence-corrected chi connectivity index (χ2v) is 8.49. The van der Waals surface area contributed by atoms with Gasteiger partial charge in [-0.05, 0) is 36.1 Å². The number of carbonyl (C=O) groups is 1. The molecule has 1 heterocycles. The summed E-state index contributed by atoms with van der Waals surface area (Å²) in [7, 11) is -2.58. The Hall–Kier alpha value is -1.91. The summed E-state index contributed by atoms with van der Waals surface area (Å²) in [6, 6.07) is 6.36. The molecule has 10 heteroatoms. The summed E-state index contributed by atoms with van der Waals surface area (Å²) in [6.45, 7) is 0.797. The third-order valence-electron chi connectivity index (χ3n) is 3.35. The maximum atomic E-state index is 12.9. The highest BCUT2D eigenvalue weighted by molar-refractivity contribution is 7.91. The van der Waals surface area contributed by atoms with Crippen LogP contribution in [0, 0.1) is 6.92 Å². The number of hydrogen-bond donors (Lipinski definition) is 1. The van der Waals surface area contributed by atoms with Gasteiger partial charge in [-0.1, -0.05) is 12.1 Å². The van der Waals surface area contributed by atoms with E-state index in [1.807, 2.05) is 0 Å². The molecule has 0 aliphatic rings. The normalized spacial score (nSPS) is 12.4. The van der Waals surface area contributed by atoms with Gasteiger partial charge in [0, 0.05) is 12.7 Å². The molecule has 0 saturated heterocycles. The number of likely N-dealkylation sites (N-methyl/N-ethyl adjacent to an activating group) is 1. The zero-order valence-corrected chi connectivity index (χ0v) is 14.9. The largest absolute Gasteiger partial charge is 0.416 e. The van der Waals surface area contributed by atoms with Crippen LogP contribution in [0.15, 0.2) is 39.9 Å². The Morgan fingerprint density at radius 3 is 2.52 bits per heavy atom. The number of sulfonamides is 1. The Morgan fingerprint density at radius 1 is 1.28 bits per heavy atom. The van der Waals surface area contributed by atoms with Crippen molar-refractivity contribution in [2.24, 2.45) is 0 Å². The molecule has 0 atom stereocenters. The van der Waals surface area contributed by atoms with Gasteiger partial charge in [0.15, 0.2) is 0 Å². The van der Waals surface area contributed by atoms with Gasteiger partial charge in [-0.25, -0.2) is 8.42 Å². The molecule has 1 amide bonds. The van der Waals surface area contributed by atoms with Gasteiger partial charge in [-0.15, -0.1) is 11.3 Å². The number of anilines is 1. The summed E-state index contributed by atoms with van der Waals surface area (Å²) in [4.78, 5) is 12.0. The Labute approximate surface area is 147 Å². The van der Waals surface area contributed by atoms with E-state index in [2.05, 4.69) is 5.32 Å². The van der Waals surface area contributed by atoms with Crippen LogP contribution in [0.5, 0.6) is 0 Å². The maximum Gasteiger partial charge on any atom is 0.416 e. The van der Waals surface area contributed by atoms with Gasteiger partial charge in [0.2, 0.25) is 5.91 Å². The number of nitrogens with zero attached hydrogens (tertiary/aromatic N) is 1. The Kier molecular flexibility index (Phi) is 5.55. The predicted octanol–water partition coefficient (Wildman–Crippen LogP) is 3.33. The maximum absolute atomic E-state index is 12.9. The van der Waals surface area contributed by atoms with E-state index in [4.69, 9.17) is 0 Å². The van der Waals surface area contributed by atoms with Crippen LogP contribution in [0.3, 0.4) is 0 Å². The lowest BCUT2D eigenvalue weighted by Crippen LogP contribution is -2.34. The summed E-state index contributed by atoms with van der Waals surface area (Å²) in [5, 5.41) is 3.88. The van der Waals surface area contributed by atoms with E-state index in [0.717, 1.165) is 21.7 Å². The molecule has 0 unspecified atom stereocenters. The van der Waals surface area contributed by atoms with Crippen molar-refractivity contribution in [2.45, 2.75) is 17.3 Å². The standard InChI is InChI=1S/C15H15F3N2O3S2/c1-10-5-6-11(8-12(10)15(16,17)18)19-13(21)9-20(2)25(22,23)14-4-3-7-24-14/h3-8H,9H2,1-2H3,(H,19,21). The number of alkyl halides is 3.